The number of aliphatic imine (C=N–C) groups is 1. The van der Waals surface area contributed by atoms with E-state index in [1.807, 2.05) is 37.3 Å². The van der Waals surface area contributed by atoms with Gasteiger partial charge in [-0.15, -0.1) is 0 Å². The fourth-order valence-corrected chi connectivity index (χ4v) is 2.67. The molecule has 0 radical (unpaired) electrons. The lowest BCUT2D eigenvalue weighted by Gasteiger charge is -2.28. The molecule has 0 aliphatic heterocycles. The molecule has 0 saturated heterocycles. The van der Waals surface area contributed by atoms with Crippen LogP contribution in [0.2, 0.25) is 0 Å². The molecule has 9 heteroatoms. The lowest BCUT2D eigenvalue weighted by molar-refractivity contribution is 0.266. The summed E-state index contributed by atoms with van der Waals surface area (Å²) in [7, 11) is -3.09. The van der Waals surface area contributed by atoms with Crippen molar-refractivity contribution in [1.29, 1.82) is 5.41 Å². The van der Waals surface area contributed by atoms with E-state index in [-0.39, 0.29) is 18.4 Å². The summed E-state index contributed by atoms with van der Waals surface area (Å²) in [4.78, 5) is 13.3. The molecule has 0 aliphatic carbocycles. The summed E-state index contributed by atoms with van der Waals surface area (Å²) < 4.78 is 17.5. The van der Waals surface area contributed by atoms with Gasteiger partial charge in [0.1, 0.15) is 0 Å². The van der Waals surface area contributed by atoms with Crippen LogP contribution in [0.5, 0.6) is 0 Å². The average molecular weight is 313 g/mol. The molecule has 6 N–H and O–H groups in total. The van der Waals surface area contributed by atoms with E-state index in [0.717, 1.165) is 17.3 Å². The number of hydrogen-bond donors (Lipinski definition) is 4. The van der Waals surface area contributed by atoms with Crippen molar-refractivity contribution in [1.82, 2.24) is 4.67 Å². The van der Waals surface area contributed by atoms with Crippen molar-refractivity contribution in [2.45, 2.75) is 12.8 Å². The minimum Gasteiger partial charge on any atom is -0.370 e. The van der Waals surface area contributed by atoms with Gasteiger partial charge >= 0.3 is 7.75 Å². The molecule has 0 bridgehead atoms. The van der Waals surface area contributed by atoms with Crippen LogP contribution in [0.4, 0.5) is 0 Å². The Morgan fingerprint density at radius 3 is 2.52 bits per heavy atom. The van der Waals surface area contributed by atoms with Crippen molar-refractivity contribution in [2.75, 3.05) is 13.7 Å². The zero-order valence-electron chi connectivity index (χ0n) is 11.9. The number of nitrogens with two attached hydrogens (primary N) is 2. The molecule has 1 aromatic rings. The van der Waals surface area contributed by atoms with Crippen LogP contribution in [0.1, 0.15) is 18.4 Å². The highest BCUT2D eigenvalue weighted by Crippen LogP contribution is 2.46. The highest BCUT2D eigenvalue weighted by molar-refractivity contribution is 7.51. The maximum absolute atomic E-state index is 12.0. The second kappa shape index (κ2) is 7.21. The van der Waals surface area contributed by atoms with Crippen LogP contribution < -0.4 is 11.5 Å². The molecule has 0 amide bonds. The number of hydrogen-bond acceptors (Lipinski definition) is 3. The monoisotopic (exact) mass is 313 g/mol. The van der Waals surface area contributed by atoms with Crippen LogP contribution in [0.3, 0.4) is 0 Å². The van der Waals surface area contributed by atoms with E-state index >= 15 is 0 Å². The average Bonchev–Trinajstić information content (AvgIpc) is 2.44. The summed E-state index contributed by atoms with van der Waals surface area (Å²) >= 11 is 0. The molecule has 2 atom stereocenters. The zero-order chi connectivity index (χ0) is 16.0. The largest absolute Gasteiger partial charge is 0.434 e. The van der Waals surface area contributed by atoms with Gasteiger partial charge in [0, 0.05) is 13.7 Å². The van der Waals surface area contributed by atoms with Gasteiger partial charge in [0.05, 0.1) is 0 Å². The third kappa shape index (κ3) is 4.86. The number of nitrogens with zero attached hydrogens (tertiary/aromatic N) is 2. The molecule has 8 nitrogen and oxygen atoms in total. The minimum atomic E-state index is -4.18. The van der Waals surface area contributed by atoms with Gasteiger partial charge in [-0.2, -0.15) is 4.99 Å². The lowest BCUT2D eigenvalue weighted by Crippen LogP contribution is -2.33. The second-order valence-corrected chi connectivity index (χ2v) is 6.26. The maximum atomic E-state index is 12.0. The van der Waals surface area contributed by atoms with E-state index in [9.17, 15) is 9.46 Å². The topological polar surface area (TPSA) is 138 Å². The zero-order valence-corrected chi connectivity index (χ0v) is 12.8. The van der Waals surface area contributed by atoms with Crippen molar-refractivity contribution < 1.29 is 14.0 Å². The Labute approximate surface area is 123 Å². The molecular weight excluding hydrogens is 293 g/mol. The van der Waals surface area contributed by atoms with E-state index < -0.39 is 13.7 Å². The molecule has 1 rings (SSSR count). The van der Waals surface area contributed by atoms with E-state index in [2.05, 4.69) is 9.52 Å². The van der Waals surface area contributed by atoms with Gasteiger partial charge in [-0.3, -0.25) is 9.93 Å². The van der Waals surface area contributed by atoms with Crippen molar-refractivity contribution in [3.8, 4) is 0 Å². The number of guanidine groups is 2. The van der Waals surface area contributed by atoms with Crippen molar-refractivity contribution in [2.24, 2.45) is 16.5 Å². The Bertz CT molecular complexity index is 559. The van der Waals surface area contributed by atoms with Gasteiger partial charge in [-0.1, -0.05) is 37.3 Å². The van der Waals surface area contributed by atoms with Gasteiger partial charge < -0.3 is 16.4 Å². The summed E-state index contributed by atoms with van der Waals surface area (Å²) in [6, 6.07) is 9.39. The van der Waals surface area contributed by atoms with Crippen LogP contribution in [-0.4, -0.2) is 35.1 Å². The quantitative estimate of drug-likeness (QED) is 0.364. The van der Waals surface area contributed by atoms with E-state index in [1.54, 1.807) is 0 Å². The molecule has 0 heterocycles. The van der Waals surface area contributed by atoms with E-state index in [0.29, 0.717) is 0 Å². The number of nitrogens with one attached hydrogen (secondary N) is 1. The highest BCUT2D eigenvalue weighted by atomic mass is 31.2. The summed E-state index contributed by atoms with van der Waals surface area (Å²) in [5.74, 6) is -1.02. The van der Waals surface area contributed by atoms with Crippen LogP contribution in [0, 0.1) is 5.41 Å². The molecule has 0 aliphatic rings. The van der Waals surface area contributed by atoms with Gasteiger partial charge in [0.2, 0.25) is 5.96 Å². The van der Waals surface area contributed by atoms with Gasteiger partial charge in [-0.25, -0.2) is 9.24 Å². The number of benzene rings is 1. The van der Waals surface area contributed by atoms with E-state index in [4.69, 9.17) is 16.9 Å². The third-order valence-corrected chi connectivity index (χ3v) is 4.28. The first-order valence-corrected chi connectivity index (χ1v) is 7.70. The maximum Gasteiger partial charge on any atom is 0.434 e. The summed E-state index contributed by atoms with van der Waals surface area (Å²) in [5, 5.41) is 7.76. The standard InChI is InChI=1S/C12H20N5O3P/c1-9(10-6-4-3-5-7-10)8-17(21(18,19)20-2)12(15)16-11(13)14/h3-7,9H,8H2,1-2H3,(H,18,19)(H5,13,14,15,16). The first-order valence-electron chi connectivity index (χ1n) is 6.17. The van der Waals surface area contributed by atoms with Crippen LogP contribution in [0.15, 0.2) is 35.3 Å². The van der Waals surface area contributed by atoms with Crippen LogP contribution in [-0.2, 0) is 9.09 Å². The molecule has 0 fully saturated rings. The van der Waals surface area contributed by atoms with Gasteiger partial charge in [0.15, 0.2) is 5.96 Å². The van der Waals surface area contributed by atoms with E-state index in [1.165, 1.54) is 0 Å². The van der Waals surface area contributed by atoms with Gasteiger partial charge in [0.25, 0.3) is 0 Å². The Kier molecular flexibility index (Phi) is 5.90. The van der Waals surface area contributed by atoms with Crippen molar-refractivity contribution >= 4 is 19.7 Å². The fourth-order valence-electron chi connectivity index (χ4n) is 1.73. The third-order valence-electron chi connectivity index (χ3n) is 2.84. The molecule has 0 spiro atoms. The number of rotatable bonds is 5. The normalized spacial score (nSPS) is 14.8. The van der Waals surface area contributed by atoms with Gasteiger partial charge in [-0.05, 0) is 11.5 Å². The molecular formula is C12H20N5O3P. The Morgan fingerprint density at radius 2 is 2.05 bits per heavy atom. The first kappa shape index (κ1) is 17.2. The predicted octanol–water partition coefficient (Wildman–Crippen LogP) is 1.05. The predicted molar refractivity (Wildman–Crippen MR) is 81.9 cm³/mol. The molecule has 116 valence electrons. The Morgan fingerprint density at radius 1 is 1.48 bits per heavy atom. The Hall–Kier alpha value is -1.89. The molecule has 1 aromatic carbocycles. The first-order chi connectivity index (χ1) is 9.77. The lowest BCUT2D eigenvalue weighted by atomic mass is 10.0. The second-order valence-electron chi connectivity index (χ2n) is 4.43. The highest BCUT2D eigenvalue weighted by Gasteiger charge is 2.32. The smallest absolute Gasteiger partial charge is 0.370 e. The van der Waals surface area contributed by atoms with Crippen LogP contribution >= 0.6 is 7.75 Å². The summed E-state index contributed by atoms with van der Waals surface area (Å²) in [6.45, 7) is 1.92. The van der Waals surface area contributed by atoms with Crippen LogP contribution in [0.25, 0.3) is 0 Å². The minimum absolute atomic E-state index is 0.0568. The summed E-state index contributed by atoms with van der Waals surface area (Å²) in [5.41, 5.74) is 11.4. The molecule has 0 aromatic heterocycles. The molecule has 2 unspecified atom stereocenters. The van der Waals surface area contributed by atoms with Crippen molar-refractivity contribution in [3.63, 3.8) is 0 Å². The molecule has 21 heavy (non-hydrogen) atoms. The fraction of sp³-hybridized carbons (Fsp3) is 0.333. The van der Waals surface area contributed by atoms with Crippen molar-refractivity contribution in [3.05, 3.63) is 35.9 Å². The SMILES string of the molecule is COP(=O)(O)N(CC(C)c1ccccc1)C(=N)N=C(N)N. The Balaban J connectivity index is 3.01. The molecule has 0 saturated carbocycles. The summed E-state index contributed by atoms with van der Waals surface area (Å²) in [6.07, 6.45) is 0.